The number of aryl methyl sites for hydroxylation is 1. The predicted molar refractivity (Wildman–Crippen MR) is 87.2 cm³/mol. The van der Waals surface area contributed by atoms with Crippen molar-refractivity contribution in [1.29, 1.82) is 0 Å². The Morgan fingerprint density at radius 1 is 1.20 bits per heavy atom. The van der Waals surface area contributed by atoms with E-state index in [0.717, 1.165) is 21.5 Å². The third kappa shape index (κ3) is 2.85. The van der Waals surface area contributed by atoms with Gasteiger partial charge in [0.2, 0.25) is 0 Å². The summed E-state index contributed by atoms with van der Waals surface area (Å²) in [7, 11) is 5.26. The molecule has 1 aromatic carbocycles. The molecule has 1 heterocycles. The van der Waals surface area contributed by atoms with Crippen LogP contribution in [0.1, 0.15) is 22.0 Å². The molecule has 2 rings (SSSR count). The van der Waals surface area contributed by atoms with Crippen molar-refractivity contribution in [1.82, 2.24) is 5.32 Å². The van der Waals surface area contributed by atoms with Crippen LogP contribution in [0.5, 0.6) is 11.5 Å². The Kier molecular flexibility index (Phi) is 5.07. The summed E-state index contributed by atoms with van der Waals surface area (Å²) in [4.78, 5) is 1.31. The summed E-state index contributed by atoms with van der Waals surface area (Å²) in [5.74, 6) is 1.46. The van der Waals surface area contributed by atoms with E-state index in [2.05, 4.69) is 39.6 Å². The molecule has 0 saturated heterocycles. The summed E-state index contributed by atoms with van der Waals surface area (Å²) in [5.41, 5.74) is 2.42. The molecule has 1 aromatic heterocycles. The lowest BCUT2D eigenvalue weighted by Gasteiger charge is -2.20. The molecule has 0 aliphatic heterocycles. The van der Waals surface area contributed by atoms with Gasteiger partial charge in [-0.15, -0.1) is 11.3 Å². The average molecular weight is 356 g/mol. The fourth-order valence-corrected chi connectivity index (χ4v) is 3.80. The second kappa shape index (κ2) is 6.61. The number of methoxy groups -OCH3 is 2. The van der Waals surface area contributed by atoms with Crippen molar-refractivity contribution in [3.05, 3.63) is 44.1 Å². The molecule has 1 unspecified atom stereocenters. The number of nitrogens with one attached hydrogen (secondary N) is 1. The summed E-state index contributed by atoms with van der Waals surface area (Å²) in [5, 5.41) is 5.49. The van der Waals surface area contributed by atoms with Gasteiger partial charge in [0.1, 0.15) is 0 Å². The van der Waals surface area contributed by atoms with Crippen molar-refractivity contribution >= 4 is 27.3 Å². The quantitative estimate of drug-likeness (QED) is 0.873. The van der Waals surface area contributed by atoms with Crippen LogP contribution in [0.2, 0.25) is 0 Å². The number of halogens is 1. The minimum atomic E-state index is 0.129. The molecule has 0 amide bonds. The average Bonchev–Trinajstić information content (AvgIpc) is 2.87. The van der Waals surface area contributed by atoms with Gasteiger partial charge in [0.25, 0.3) is 0 Å². The standard InChI is InChI=1S/C15H18BrNO2S/c1-9-5-6-20-15(9)14(17-2)10-7-12(18-3)13(19-4)8-11(10)16/h5-8,14,17H,1-4H3. The van der Waals surface area contributed by atoms with Gasteiger partial charge in [0, 0.05) is 9.35 Å². The molecule has 1 atom stereocenters. The van der Waals surface area contributed by atoms with E-state index in [-0.39, 0.29) is 6.04 Å². The Labute approximate surface area is 132 Å². The first-order valence-corrected chi connectivity index (χ1v) is 7.92. The molecule has 0 aliphatic rings. The van der Waals surface area contributed by atoms with Gasteiger partial charge in [-0.05, 0) is 48.7 Å². The first-order valence-electron chi connectivity index (χ1n) is 6.25. The summed E-state index contributed by atoms with van der Waals surface area (Å²) in [6, 6.07) is 6.23. The summed E-state index contributed by atoms with van der Waals surface area (Å²) in [6.45, 7) is 2.13. The van der Waals surface area contributed by atoms with Crippen molar-refractivity contribution in [3.8, 4) is 11.5 Å². The van der Waals surface area contributed by atoms with E-state index in [9.17, 15) is 0 Å². The number of rotatable bonds is 5. The Balaban J connectivity index is 2.52. The zero-order chi connectivity index (χ0) is 14.7. The maximum Gasteiger partial charge on any atom is 0.161 e. The molecule has 0 spiro atoms. The molecule has 0 radical (unpaired) electrons. The number of thiophene rings is 1. The molecular weight excluding hydrogens is 338 g/mol. The Hall–Kier alpha value is -1.04. The van der Waals surface area contributed by atoms with Crippen molar-refractivity contribution in [2.75, 3.05) is 21.3 Å². The van der Waals surface area contributed by atoms with Crippen LogP contribution in [0, 0.1) is 6.92 Å². The largest absolute Gasteiger partial charge is 0.493 e. The maximum atomic E-state index is 5.40. The molecule has 0 aliphatic carbocycles. The highest BCUT2D eigenvalue weighted by atomic mass is 79.9. The lowest BCUT2D eigenvalue weighted by molar-refractivity contribution is 0.354. The minimum absolute atomic E-state index is 0.129. The fourth-order valence-electron chi connectivity index (χ4n) is 2.20. The zero-order valence-electron chi connectivity index (χ0n) is 12.0. The number of hydrogen-bond donors (Lipinski definition) is 1. The van der Waals surface area contributed by atoms with Crippen LogP contribution in [0.3, 0.4) is 0 Å². The van der Waals surface area contributed by atoms with E-state index in [4.69, 9.17) is 9.47 Å². The summed E-state index contributed by atoms with van der Waals surface area (Å²) >= 11 is 5.39. The van der Waals surface area contributed by atoms with Gasteiger partial charge in [0.05, 0.1) is 20.3 Å². The predicted octanol–water partition coefficient (Wildman–Crippen LogP) is 4.15. The third-order valence-electron chi connectivity index (χ3n) is 3.27. The molecule has 0 fully saturated rings. The highest BCUT2D eigenvalue weighted by Gasteiger charge is 2.20. The van der Waals surface area contributed by atoms with E-state index in [1.807, 2.05) is 19.2 Å². The van der Waals surface area contributed by atoms with Crippen molar-refractivity contribution in [2.24, 2.45) is 0 Å². The van der Waals surface area contributed by atoms with Gasteiger partial charge >= 0.3 is 0 Å². The lowest BCUT2D eigenvalue weighted by atomic mass is 10.0. The van der Waals surface area contributed by atoms with Crippen LogP contribution in [0.4, 0.5) is 0 Å². The summed E-state index contributed by atoms with van der Waals surface area (Å²) in [6.07, 6.45) is 0. The second-order valence-electron chi connectivity index (χ2n) is 4.42. The Morgan fingerprint density at radius 2 is 1.85 bits per heavy atom. The zero-order valence-corrected chi connectivity index (χ0v) is 14.4. The molecule has 3 nitrogen and oxygen atoms in total. The Morgan fingerprint density at radius 3 is 2.35 bits per heavy atom. The van der Waals surface area contributed by atoms with Gasteiger partial charge in [-0.3, -0.25) is 0 Å². The normalized spacial score (nSPS) is 12.2. The van der Waals surface area contributed by atoms with Crippen LogP contribution < -0.4 is 14.8 Å². The highest BCUT2D eigenvalue weighted by molar-refractivity contribution is 9.10. The van der Waals surface area contributed by atoms with Crippen LogP contribution in [-0.4, -0.2) is 21.3 Å². The van der Waals surface area contributed by atoms with E-state index in [1.165, 1.54) is 10.4 Å². The van der Waals surface area contributed by atoms with Crippen LogP contribution in [0.15, 0.2) is 28.1 Å². The van der Waals surface area contributed by atoms with Gasteiger partial charge < -0.3 is 14.8 Å². The van der Waals surface area contributed by atoms with E-state index in [1.54, 1.807) is 25.6 Å². The Bertz CT molecular complexity index is 598. The van der Waals surface area contributed by atoms with Crippen LogP contribution >= 0.6 is 27.3 Å². The number of ether oxygens (including phenoxy) is 2. The molecular formula is C15H18BrNO2S. The molecule has 108 valence electrons. The molecule has 5 heteroatoms. The van der Waals surface area contributed by atoms with Gasteiger partial charge in [-0.1, -0.05) is 15.9 Å². The van der Waals surface area contributed by atoms with Gasteiger partial charge in [-0.25, -0.2) is 0 Å². The van der Waals surface area contributed by atoms with Crippen molar-refractivity contribution in [2.45, 2.75) is 13.0 Å². The maximum absolute atomic E-state index is 5.40. The third-order valence-corrected chi connectivity index (χ3v) is 5.04. The first-order chi connectivity index (χ1) is 9.62. The number of hydrogen-bond acceptors (Lipinski definition) is 4. The molecule has 0 bridgehead atoms. The van der Waals surface area contributed by atoms with Gasteiger partial charge in [0.15, 0.2) is 11.5 Å². The highest BCUT2D eigenvalue weighted by Crippen LogP contribution is 2.39. The minimum Gasteiger partial charge on any atom is -0.493 e. The van der Waals surface area contributed by atoms with Gasteiger partial charge in [-0.2, -0.15) is 0 Å². The molecule has 20 heavy (non-hydrogen) atoms. The van der Waals surface area contributed by atoms with Crippen molar-refractivity contribution < 1.29 is 9.47 Å². The van der Waals surface area contributed by atoms with E-state index < -0.39 is 0 Å². The van der Waals surface area contributed by atoms with Crippen LogP contribution in [-0.2, 0) is 0 Å². The van der Waals surface area contributed by atoms with Crippen LogP contribution in [0.25, 0.3) is 0 Å². The molecule has 0 saturated carbocycles. The smallest absolute Gasteiger partial charge is 0.161 e. The molecule has 2 aromatic rings. The fraction of sp³-hybridized carbons (Fsp3) is 0.333. The topological polar surface area (TPSA) is 30.5 Å². The van der Waals surface area contributed by atoms with E-state index >= 15 is 0 Å². The first kappa shape index (κ1) is 15.4. The summed E-state index contributed by atoms with van der Waals surface area (Å²) < 4.78 is 11.7. The van der Waals surface area contributed by atoms with E-state index in [0.29, 0.717) is 0 Å². The monoisotopic (exact) mass is 355 g/mol. The molecule has 1 N–H and O–H groups in total. The lowest BCUT2D eigenvalue weighted by Crippen LogP contribution is -2.18. The second-order valence-corrected chi connectivity index (χ2v) is 6.22. The SMILES string of the molecule is CNC(c1cc(OC)c(OC)cc1Br)c1sccc1C. The number of benzene rings is 1. The van der Waals surface area contributed by atoms with Crippen molar-refractivity contribution in [3.63, 3.8) is 0 Å².